The van der Waals surface area contributed by atoms with Crippen molar-refractivity contribution in [3.05, 3.63) is 70.7 Å². The van der Waals surface area contributed by atoms with Gasteiger partial charge in [-0.3, -0.25) is 14.5 Å². The number of carbonyl (C=O) groups excluding carboxylic acids is 1. The van der Waals surface area contributed by atoms with Crippen LogP contribution in [0.3, 0.4) is 0 Å². The number of halogens is 3. The summed E-state index contributed by atoms with van der Waals surface area (Å²) < 4.78 is 47.7. The first-order valence-electron chi connectivity index (χ1n) is 11.8. The monoisotopic (exact) mass is 530 g/mol. The molecule has 3 heterocycles. The van der Waals surface area contributed by atoms with Gasteiger partial charge in [-0.15, -0.1) is 0 Å². The second-order valence-corrected chi connectivity index (χ2v) is 8.91. The van der Waals surface area contributed by atoms with Gasteiger partial charge in [-0.1, -0.05) is 6.07 Å². The second-order valence-electron chi connectivity index (χ2n) is 8.91. The number of ether oxygens (including phenoxy) is 1. The van der Waals surface area contributed by atoms with E-state index < -0.39 is 17.6 Å². The van der Waals surface area contributed by atoms with E-state index in [9.17, 15) is 18.0 Å². The summed E-state index contributed by atoms with van der Waals surface area (Å²) in [6.07, 6.45) is -1.48. The Morgan fingerprint density at radius 1 is 1.18 bits per heavy atom. The third-order valence-corrected chi connectivity index (χ3v) is 6.29. The van der Waals surface area contributed by atoms with Crippen LogP contribution in [-0.2, 0) is 18.0 Å². The molecule has 1 aliphatic rings. The Hall–Kier alpha value is -4.10. The summed E-state index contributed by atoms with van der Waals surface area (Å²) in [5, 5.41) is 7.95. The Labute approximate surface area is 217 Å². The molecule has 0 saturated carbocycles. The molecule has 13 heteroatoms. The smallest absolute Gasteiger partial charge is 0.397 e. The van der Waals surface area contributed by atoms with Gasteiger partial charge in [0.05, 0.1) is 36.4 Å². The van der Waals surface area contributed by atoms with E-state index in [0.717, 1.165) is 23.4 Å². The molecule has 4 rings (SSSR count). The number of amides is 1. The van der Waals surface area contributed by atoms with Crippen molar-refractivity contribution in [2.75, 3.05) is 41.5 Å². The fraction of sp³-hybridized carbons (Fsp3) is 0.320. The Balaban J connectivity index is 1.60. The summed E-state index contributed by atoms with van der Waals surface area (Å²) >= 11 is 0. The number of morpholine rings is 1. The molecule has 202 valence electrons. The second kappa shape index (κ2) is 10.7. The molecule has 1 aliphatic heterocycles. The molecule has 0 radical (unpaired) electrons. The third-order valence-electron chi connectivity index (χ3n) is 6.29. The van der Waals surface area contributed by atoms with E-state index in [1.165, 1.54) is 17.3 Å². The first-order valence-corrected chi connectivity index (χ1v) is 11.8. The lowest BCUT2D eigenvalue weighted by molar-refractivity contribution is -0.137. The molecule has 0 atom stereocenters. The zero-order valence-corrected chi connectivity index (χ0v) is 21.2. The van der Waals surface area contributed by atoms with Gasteiger partial charge in [0.25, 0.3) is 5.91 Å². The lowest BCUT2D eigenvalue weighted by Gasteiger charge is -2.28. The number of nitrogens with one attached hydrogen (secondary N) is 1. The first kappa shape index (κ1) is 26.9. The minimum Gasteiger partial charge on any atom is -0.397 e. The summed E-state index contributed by atoms with van der Waals surface area (Å²) in [5.74, 6) is 5.51. The van der Waals surface area contributed by atoms with E-state index >= 15 is 0 Å². The predicted molar refractivity (Wildman–Crippen MR) is 138 cm³/mol. The zero-order chi connectivity index (χ0) is 27.6. The molecule has 0 bridgehead atoms. The number of alkyl halides is 3. The molecule has 1 saturated heterocycles. The van der Waals surface area contributed by atoms with Gasteiger partial charge in [0, 0.05) is 43.2 Å². The maximum atomic E-state index is 13.6. The molecule has 3 aromatic rings. The number of aromatic nitrogens is 3. The maximum Gasteiger partial charge on any atom is 0.416 e. The fourth-order valence-corrected chi connectivity index (χ4v) is 3.99. The number of rotatable bonds is 6. The van der Waals surface area contributed by atoms with Crippen LogP contribution in [0.2, 0.25) is 0 Å². The van der Waals surface area contributed by atoms with E-state index in [1.807, 2.05) is 6.92 Å². The molecule has 1 aromatic carbocycles. The van der Waals surface area contributed by atoms with Crippen LogP contribution >= 0.6 is 0 Å². The van der Waals surface area contributed by atoms with Crippen molar-refractivity contribution >= 4 is 28.9 Å². The van der Waals surface area contributed by atoms with Gasteiger partial charge in [0.1, 0.15) is 11.6 Å². The number of aryl methyl sites for hydroxylation is 2. The summed E-state index contributed by atoms with van der Waals surface area (Å²) in [7, 11) is 1.79. The predicted octanol–water partition coefficient (Wildman–Crippen LogP) is 3.18. The molecule has 0 spiro atoms. The van der Waals surface area contributed by atoms with Crippen molar-refractivity contribution in [2.24, 2.45) is 18.6 Å². The van der Waals surface area contributed by atoms with Crippen LogP contribution in [0.4, 0.5) is 30.5 Å². The van der Waals surface area contributed by atoms with Crippen molar-refractivity contribution in [1.82, 2.24) is 14.8 Å². The van der Waals surface area contributed by atoms with Crippen LogP contribution in [0, 0.1) is 13.8 Å². The van der Waals surface area contributed by atoms with Gasteiger partial charge < -0.3 is 20.7 Å². The number of hydrazine groups is 1. The average Bonchev–Trinajstić information content (AvgIpc) is 3.22. The Morgan fingerprint density at radius 2 is 1.89 bits per heavy atom. The number of nitrogens with two attached hydrogens (primary N) is 2. The highest BCUT2D eigenvalue weighted by molar-refractivity contribution is 6.04. The molecule has 5 N–H and O–H groups in total. The Kier molecular flexibility index (Phi) is 7.60. The lowest BCUT2D eigenvalue weighted by Crippen LogP contribution is -2.37. The Morgan fingerprint density at radius 3 is 2.53 bits per heavy atom. The van der Waals surface area contributed by atoms with Crippen molar-refractivity contribution in [1.29, 1.82) is 0 Å². The SMILES string of the molecule is Cc1ccc(C(=O)Nc2cc(C(F)(F)F)cc(N3CCOCC3)n2)cc1N(N)/C=C(\N)c1cnn(C)c1C. The van der Waals surface area contributed by atoms with Crippen LogP contribution in [0.5, 0.6) is 0 Å². The van der Waals surface area contributed by atoms with Crippen molar-refractivity contribution in [3.8, 4) is 0 Å². The number of benzene rings is 1. The molecule has 1 fully saturated rings. The third kappa shape index (κ3) is 5.89. The van der Waals surface area contributed by atoms with Crippen LogP contribution in [-0.4, -0.2) is 47.0 Å². The van der Waals surface area contributed by atoms with E-state index in [2.05, 4.69) is 15.4 Å². The number of pyridine rings is 1. The topological polar surface area (TPSA) is 128 Å². The van der Waals surface area contributed by atoms with E-state index in [4.69, 9.17) is 16.3 Å². The minimum atomic E-state index is -4.61. The molecular formula is C25H29F3N8O2. The number of anilines is 3. The molecule has 38 heavy (non-hydrogen) atoms. The van der Waals surface area contributed by atoms with Gasteiger partial charge in [0.15, 0.2) is 0 Å². The van der Waals surface area contributed by atoms with E-state index in [-0.39, 0.29) is 17.2 Å². The number of carbonyl (C=O) groups is 1. The van der Waals surface area contributed by atoms with Gasteiger partial charge in [0.2, 0.25) is 0 Å². The van der Waals surface area contributed by atoms with Crippen molar-refractivity contribution in [3.63, 3.8) is 0 Å². The summed E-state index contributed by atoms with van der Waals surface area (Å²) in [6, 6.07) is 6.55. The molecule has 2 aromatic heterocycles. The quantitative estimate of drug-likeness (QED) is 0.328. The highest BCUT2D eigenvalue weighted by atomic mass is 19.4. The highest BCUT2D eigenvalue weighted by Gasteiger charge is 2.32. The van der Waals surface area contributed by atoms with Gasteiger partial charge in [-0.2, -0.15) is 18.3 Å². The van der Waals surface area contributed by atoms with E-state index in [1.54, 1.807) is 41.9 Å². The maximum absolute atomic E-state index is 13.6. The summed E-state index contributed by atoms with van der Waals surface area (Å²) in [6.45, 7) is 5.21. The van der Waals surface area contributed by atoms with Crippen molar-refractivity contribution < 1.29 is 22.7 Å². The summed E-state index contributed by atoms with van der Waals surface area (Å²) in [5.41, 5.74) is 8.65. The zero-order valence-electron chi connectivity index (χ0n) is 21.2. The largest absolute Gasteiger partial charge is 0.416 e. The molecule has 1 amide bonds. The standard InChI is InChI=1S/C25H29F3N8O2/c1-15-4-5-17(10-21(15)36(30)14-20(29)19-13-31-34(3)16(19)2)24(37)33-22-11-18(25(26,27)28)12-23(32-22)35-6-8-38-9-7-35/h4-5,10-14H,6-9,29-30H2,1-3H3,(H,32,33,37)/b20-14-. The van der Waals surface area contributed by atoms with Gasteiger partial charge in [-0.05, 0) is 43.7 Å². The molecule has 10 nitrogen and oxygen atoms in total. The van der Waals surface area contributed by atoms with Crippen LogP contribution < -0.4 is 26.8 Å². The number of hydrogen-bond donors (Lipinski definition) is 3. The van der Waals surface area contributed by atoms with Crippen molar-refractivity contribution in [2.45, 2.75) is 20.0 Å². The normalized spacial score (nSPS) is 14.5. The number of hydrogen-bond acceptors (Lipinski definition) is 8. The first-order chi connectivity index (χ1) is 17.9. The Bertz CT molecular complexity index is 1360. The van der Waals surface area contributed by atoms with Crippen LogP contribution in [0.1, 0.15) is 32.7 Å². The average molecular weight is 531 g/mol. The van der Waals surface area contributed by atoms with Gasteiger partial charge in [-0.25, -0.2) is 10.8 Å². The molecule has 0 unspecified atom stereocenters. The fourth-order valence-electron chi connectivity index (χ4n) is 3.99. The highest BCUT2D eigenvalue weighted by Crippen LogP contribution is 2.33. The minimum absolute atomic E-state index is 0.113. The summed E-state index contributed by atoms with van der Waals surface area (Å²) in [4.78, 5) is 19.0. The molecule has 0 aliphatic carbocycles. The van der Waals surface area contributed by atoms with Crippen LogP contribution in [0.25, 0.3) is 5.70 Å². The van der Waals surface area contributed by atoms with Crippen LogP contribution in [0.15, 0.2) is 42.7 Å². The molecular weight excluding hydrogens is 501 g/mol. The number of nitrogens with zero attached hydrogens (tertiary/aromatic N) is 5. The van der Waals surface area contributed by atoms with E-state index in [0.29, 0.717) is 43.3 Å². The lowest BCUT2D eigenvalue weighted by atomic mass is 10.1. The van der Waals surface area contributed by atoms with Gasteiger partial charge >= 0.3 is 6.18 Å².